The van der Waals surface area contributed by atoms with Crippen LogP contribution < -0.4 is 4.90 Å². The van der Waals surface area contributed by atoms with Crippen LogP contribution in [0.15, 0.2) is 78.9 Å². The van der Waals surface area contributed by atoms with Gasteiger partial charge in [-0.3, -0.25) is 9.69 Å². The Morgan fingerprint density at radius 1 is 0.923 bits per heavy atom. The molecule has 1 amide bonds. The Kier molecular flexibility index (Phi) is 6.32. The zero-order valence-electron chi connectivity index (χ0n) is 13.8. The number of carbonyl (C=O) groups excluding carboxylic acids is 1. The van der Waals surface area contributed by atoms with Crippen LogP contribution in [0.5, 0.6) is 0 Å². The molecule has 0 aromatic heterocycles. The lowest BCUT2D eigenvalue weighted by Gasteiger charge is -2.21. The maximum atomic E-state index is 13.1. The number of amides is 1. The molecular weight excluding hydrogens is 457 g/mol. The SMILES string of the molecule is O=C(c1ccccc1I)N(CC#Cc1ccccc1)c1ccc(Cl)cc1. The fraction of sp³-hybridized carbons (Fsp3) is 0.0455. The molecule has 0 N–H and O–H groups in total. The number of benzene rings is 3. The second-order valence-corrected chi connectivity index (χ2v) is 7.11. The van der Waals surface area contributed by atoms with Gasteiger partial charge in [-0.1, -0.05) is 53.8 Å². The molecule has 0 saturated heterocycles. The van der Waals surface area contributed by atoms with Crippen molar-refractivity contribution in [3.8, 4) is 11.8 Å². The van der Waals surface area contributed by atoms with Crippen LogP contribution in [0.3, 0.4) is 0 Å². The summed E-state index contributed by atoms with van der Waals surface area (Å²) in [5.41, 5.74) is 2.34. The van der Waals surface area contributed by atoms with Gasteiger partial charge in [0.25, 0.3) is 5.91 Å². The molecule has 4 heteroatoms. The predicted octanol–water partition coefficient (Wildman–Crippen LogP) is 5.64. The van der Waals surface area contributed by atoms with Crippen molar-refractivity contribution in [2.24, 2.45) is 0 Å². The first kappa shape index (κ1) is 18.5. The van der Waals surface area contributed by atoms with Gasteiger partial charge in [-0.05, 0) is 71.1 Å². The Labute approximate surface area is 171 Å². The Morgan fingerprint density at radius 2 is 1.58 bits per heavy atom. The lowest BCUT2D eigenvalue weighted by Crippen LogP contribution is -2.31. The van der Waals surface area contributed by atoms with E-state index in [0.29, 0.717) is 17.1 Å². The normalized spacial score (nSPS) is 9.92. The molecule has 0 radical (unpaired) electrons. The van der Waals surface area contributed by atoms with E-state index in [1.807, 2.05) is 66.7 Å². The largest absolute Gasteiger partial charge is 0.297 e. The Bertz CT molecular complexity index is 959. The van der Waals surface area contributed by atoms with Gasteiger partial charge in [0.15, 0.2) is 0 Å². The van der Waals surface area contributed by atoms with Crippen molar-refractivity contribution in [1.82, 2.24) is 0 Å². The fourth-order valence-corrected chi connectivity index (χ4v) is 3.17. The van der Waals surface area contributed by atoms with E-state index in [2.05, 4.69) is 34.4 Å². The highest BCUT2D eigenvalue weighted by Gasteiger charge is 2.18. The molecule has 0 bridgehead atoms. The van der Waals surface area contributed by atoms with Gasteiger partial charge in [0, 0.05) is 19.8 Å². The summed E-state index contributed by atoms with van der Waals surface area (Å²) in [4.78, 5) is 14.8. The van der Waals surface area contributed by atoms with Crippen LogP contribution in [0, 0.1) is 15.4 Å². The van der Waals surface area contributed by atoms with E-state index >= 15 is 0 Å². The van der Waals surface area contributed by atoms with E-state index in [-0.39, 0.29) is 5.91 Å². The highest BCUT2D eigenvalue weighted by molar-refractivity contribution is 14.1. The van der Waals surface area contributed by atoms with Gasteiger partial charge in [0.1, 0.15) is 0 Å². The average Bonchev–Trinajstić information content (AvgIpc) is 2.67. The van der Waals surface area contributed by atoms with Crippen LogP contribution in [0.25, 0.3) is 0 Å². The molecule has 128 valence electrons. The van der Waals surface area contributed by atoms with Gasteiger partial charge < -0.3 is 0 Å². The molecule has 0 saturated carbocycles. The Hall–Kier alpha value is -2.29. The summed E-state index contributed by atoms with van der Waals surface area (Å²) in [5, 5.41) is 0.630. The topological polar surface area (TPSA) is 20.3 Å². The first-order valence-corrected chi connectivity index (χ1v) is 9.47. The molecular formula is C22H15ClINO. The van der Waals surface area contributed by atoms with Crippen LogP contribution in [0.4, 0.5) is 5.69 Å². The van der Waals surface area contributed by atoms with Crippen molar-refractivity contribution >= 4 is 45.8 Å². The van der Waals surface area contributed by atoms with Crippen molar-refractivity contribution in [1.29, 1.82) is 0 Å². The third kappa shape index (κ3) is 4.66. The van der Waals surface area contributed by atoms with Gasteiger partial charge >= 0.3 is 0 Å². The van der Waals surface area contributed by atoms with Crippen molar-refractivity contribution in [2.45, 2.75) is 0 Å². The quantitative estimate of drug-likeness (QED) is 0.357. The summed E-state index contributed by atoms with van der Waals surface area (Å²) in [5.74, 6) is 6.13. The van der Waals surface area contributed by atoms with Gasteiger partial charge in [-0.25, -0.2) is 0 Å². The first-order valence-electron chi connectivity index (χ1n) is 8.01. The first-order chi connectivity index (χ1) is 12.6. The lowest BCUT2D eigenvalue weighted by atomic mass is 10.1. The van der Waals surface area contributed by atoms with E-state index in [1.54, 1.807) is 17.0 Å². The lowest BCUT2D eigenvalue weighted by molar-refractivity contribution is 0.0989. The monoisotopic (exact) mass is 471 g/mol. The van der Waals surface area contributed by atoms with Crippen molar-refractivity contribution in [3.63, 3.8) is 0 Å². The van der Waals surface area contributed by atoms with Crippen LogP contribution >= 0.6 is 34.2 Å². The van der Waals surface area contributed by atoms with Crippen LogP contribution in [-0.2, 0) is 0 Å². The third-order valence-electron chi connectivity index (χ3n) is 3.73. The van der Waals surface area contributed by atoms with Crippen LogP contribution in [0.1, 0.15) is 15.9 Å². The molecule has 0 spiro atoms. The summed E-state index contributed by atoms with van der Waals surface area (Å²) in [6.07, 6.45) is 0. The number of anilines is 1. The maximum Gasteiger partial charge on any atom is 0.260 e. The summed E-state index contributed by atoms with van der Waals surface area (Å²) < 4.78 is 0.907. The zero-order valence-corrected chi connectivity index (χ0v) is 16.7. The van der Waals surface area contributed by atoms with Crippen molar-refractivity contribution in [3.05, 3.63) is 98.6 Å². The average molecular weight is 472 g/mol. The minimum atomic E-state index is -0.0836. The number of carbonyl (C=O) groups is 1. The number of rotatable bonds is 3. The summed E-state index contributed by atoms with van der Waals surface area (Å²) in [6.45, 7) is 0.292. The summed E-state index contributed by atoms with van der Waals surface area (Å²) in [6, 6.07) is 24.5. The number of hydrogen-bond donors (Lipinski definition) is 0. The third-order valence-corrected chi connectivity index (χ3v) is 4.92. The number of nitrogens with zero attached hydrogens (tertiary/aromatic N) is 1. The minimum absolute atomic E-state index is 0.0836. The smallest absolute Gasteiger partial charge is 0.260 e. The molecule has 0 aliphatic heterocycles. The maximum absolute atomic E-state index is 13.1. The fourth-order valence-electron chi connectivity index (χ4n) is 2.42. The summed E-state index contributed by atoms with van der Waals surface area (Å²) >= 11 is 8.17. The van der Waals surface area contributed by atoms with Gasteiger partial charge in [0.05, 0.1) is 12.1 Å². The molecule has 3 aromatic carbocycles. The number of hydrogen-bond acceptors (Lipinski definition) is 1. The molecule has 0 fully saturated rings. The van der Waals surface area contributed by atoms with E-state index in [0.717, 1.165) is 14.8 Å². The minimum Gasteiger partial charge on any atom is -0.297 e. The molecule has 0 atom stereocenters. The Morgan fingerprint density at radius 3 is 2.27 bits per heavy atom. The number of halogens is 2. The second-order valence-electron chi connectivity index (χ2n) is 5.52. The zero-order chi connectivity index (χ0) is 18.4. The highest BCUT2D eigenvalue weighted by Crippen LogP contribution is 2.22. The van der Waals surface area contributed by atoms with Crippen molar-refractivity contribution in [2.75, 3.05) is 11.4 Å². The predicted molar refractivity (Wildman–Crippen MR) is 116 cm³/mol. The second kappa shape index (κ2) is 8.88. The van der Waals surface area contributed by atoms with E-state index in [4.69, 9.17) is 11.6 Å². The molecule has 3 rings (SSSR count). The van der Waals surface area contributed by atoms with Gasteiger partial charge in [0.2, 0.25) is 0 Å². The van der Waals surface area contributed by atoms with Crippen molar-refractivity contribution < 1.29 is 4.79 Å². The molecule has 2 nitrogen and oxygen atoms in total. The molecule has 0 heterocycles. The van der Waals surface area contributed by atoms with Crippen LogP contribution in [0.2, 0.25) is 5.02 Å². The molecule has 26 heavy (non-hydrogen) atoms. The highest BCUT2D eigenvalue weighted by atomic mass is 127. The van der Waals surface area contributed by atoms with Crippen LogP contribution in [-0.4, -0.2) is 12.5 Å². The molecule has 0 aliphatic carbocycles. The van der Waals surface area contributed by atoms with E-state index in [1.165, 1.54) is 0 Å². The standard InChI is InChI=1S/C22H15ClINO/c23-18-12-14-19(15-13-18)25(16-6-9-17-7-2-1-3-8-17)22(26)20-10-4-5-11-21(20)24/h1-5,7-8,10-15H,16H2. The van der Waals surface area contributed by atoms with Gasteiger partial charge in [-0.2, -0.15) is 0 Å². The molecule has 0 unspecified atom stereocenters. The molecule has 0 aliphatic rings. The van der Waals surface area contributed by atoms with Gasteiger partial charge in [-0.15, -0.1) is 0 Å². The van der Waals surface area contributed by atoms with E-state index in [9.17, 15) is 4.79 Å². The Balaban J connectivity index is 1.92. The van der Waals surface area contributed by atoms with E-state index < -0.39 is 0 Å². The summed E-state index contributed by atoms with van der Waals surface area (Å²) in [7, 11) is 0. The molecule has 3 aromatic rings.